The predicted octanol–water partition coefficient (Wildman–Crippen LogP) is 3.40. The summed E-state index contributed by atoms with van der Waals surface area (Å²) in [5.41, 5.74) is 1.07. The van der Waals surface area contributed by atoms with Crippen molar-refractivity contribution in [3.05, 3.63) is 11.9 Å². The molecule has 0 unspecified atom stereocenters. The van der Waals surface area contributed by atoms with Crippen LogP contribution < -0.4 is 0 Å². The van der Waals surface area contributed by atoms with E-state index in [1.807, 2.05) is 17.8 Å². The molecule has 0 amide bonds. The van der Waals surface area contributed by atoms with Crippen molar-refractivity contribution in [2.75, 3.05) is 0 Å². The van der Waals surface area contributed by atoms with Gasteiger partial charge in [0.1, 0.15) is 0 Å². The molecule has 0 fully saturated rings. The first-order chi connectivity index (χ1) is 4.36. The second-order valence-corrected chi connectivity index (χ2v) is 1.92. The van der Waals surface area contributed by atoms with Gasteiger partial charge in [0, 0.05) is 12.7 Å². The summed E-state index contributed by atoms with van der Waals surface area (Å²) in [7, 11) is 0. The van der Waals surface area contributed by atoms with Crippen molar-refractivity contribution < 1.29 is 0 Å². The Bertz CT molecular complexity index is 164. The SMILES string of the molecule is C.C.C.C.CCc1cn(CC)nn1. The zero-order valence-corrected chi connectivity index (χ0v) is 5.83. The Morgan fingerprint density at radius 1 is 1.15 bits per heavy atom. The van der Waals surface area contributed by atoms with Crippen LogP contribution in [0.1, 0.15) is 49.2 Å². The molecule has 1 aromatic heterocycles. The lowest BCUT2D eigenvalue weighted by molar-refractivity contribution is 0.626. The van der Waals surface area contributed by atoms with E-state index in [2.05, 4.69) is 17.2 Å². The van der Waals surface area contributed by atoms with Gasteiger partial charge in [-0.15, -0.1) is 5.10 Å². The number of nitrogens with zero attached hydrogens (tertiary/aromatic N) is 3. The third-order valence-corrected chi connectivity index (χ3v) is 1.27. The third-order valence-electron chi connectivity index (χ3n) is 1.27. The summed E-state index contributed by atoms with van der Waals surface area (Å²) < 4.78 is 1.83. The van der Waals surface area contributed by atoms with E-state index in [0.717, 1.165) is 18.7 Å². The van der Waals surface area contributed by atoms with Crippen LogP contribution in [-0.2, 0) is 13.0 Å². The molecule has 13 heavy (non-hydrogen) atoms. The van der Waals surface area contributed by atoms with Crippen molar-refractivity contribution in [1.82, 2.24) is 15.0 Å². The summed E-state index contributed by atoms with van der Waals surface area (Å²) in [6.45, 7) is 5.03. The van der Waals surface area contributed by atoms with E-state index in [0.29, 0.717) is 0 Å². The van der Waals surface area contributed by atoms with Gasteiger partial charge in [-0.1, -0.05) is 41.8 Å². The Labute approximate surface area is 84.2 Å². The highest BCUT2D eigenvalue weighted by molar-refractivity contribution is 4.90. The fourth-order valence-electron chi connectivity index (χ4n) is 0.655. The van der Waals surface area contributed by atoms with Gasteiger partial charge in [0.05, 0.1) is 5.69 Å². The summed E-state index contributed by atoms with van der Waals surface area (Å²) in [6, 6.07) is 0. The monoisotopic (exact) mass is 189 g/mol. The van der Waals surface area contributed by atoms with Crippen molar-refractivity contribution >= 4 is 0 Å². The fourth-order valence-corrected chi connectivity index (χ4v) is 0.655. The minimum absolute atomic E-state index is 0. The van der Waals surface area contributed by atoms with E-state index in [9.17, 15) is 0 Å². The van der Waals surface area contributed by atoms with E-state index in [1.54, 1.807) is 0 Å². The van der Waals surface area contributed by atoms with Crippen LogP contribution in [-0.4, -0.2) is 15.0 Å². The van der Waals surface area contributed by atoms with Crippen LogP contribution in [0.5, 0.6) is 0 Å². The zero-order chi connectivity index (χ0) is 6.69. The van der Waals surface area contributed by atoms with Gasteiger partial charge in [-0.3, -0.25) is 4.68 Å². The molecular weight excluding hydrogens is 162 g/mol. The predicted molar refractivity (Wildman–Crippen MR) is 62.0 cm³/mol. The Kier molecular flexibility index (Phi) is 19.5. The van der Waals surface area contributed by atoms with E-state index < -0.39 is 0 Å². The lowest BCUT2D eigenvalue weighted by Gasteiger charge is -1.86. The van der Waals surface area contributed by atoms with Crippen LogP contribution >= 0.6 is 0 Å². The van der Waals surface area contributed by atoms with Gasteiger partial charge in [0.25, 0.3) is 0 Å². The maximum Gasteiger partial charge on any atom is 0.0824 e. The molecule has 0 saturated heterocycles. The van der Waals surface area contributed by atoms with Gasteiger partial charge < -0.3 is 0 Å². The minimum Gasteiger partial charge on any atom is -0.253 e. The van der Waals surface area contributed by atoms with E-state index in [4.69, 9.17) is 0 Å². The zero-order valence-electron chi connectivity index (χ0n) is 5.83. The standard InChI is InChI=1S/C6H11N3.4CH4/c1-3-6-5-9(4-2)8-7-6;;;;/h5H,3-4H2,1-2H3;4*1H4. The minimum atomic E-state index is 0. The van der Waals surface area contributed by atoms with Gasteiger partial charge >= 0.3 is 0 Å². The van der Waals surface area contributed by atoms with Crippen LogP contribution in [0.2, 0.25) is 0 Å². The Morgan fingerprint density at radius 3 is 1.92 bits per heavy atom. The van der Waals surface area contributed by atoms with E-state index in [-0.39, 0.29) is 29.7 Å². The molecule has 3 nitrogen and oxygen atoms in total. The quantitative estimate of drug-likeness (QED) is 0.714. The Morgan fingerprint density at radius 2 is 1.69 bits per heavy atom. The third kappa shape index (κ3) is 6.31. The van der Waals surface area contributed by atoms with Crippen molar-refractivity contribution in [3.8, 4) is 0 Å². The largest absolute Gasteiger partial charge is 0.253 e. The Balaban J connectivity index is -0.000000101. The summed E-state index contributed by atoms with van der Waals surface area (Å²) in [4.78, 5) is 0. The van der Waals surface area contributed by atoms with Crippen molar-refractivity contribution in [2.24, 2.45) is 0 Å². The highest BCUT2D eigenvalue weighted by Gasteiger charge is 1.92. The summed E-state index contributed by atoms with van der Waals surface area (Å²) >= 11 is 0. The van der Waals surface area contributed by atoms with Gasteiger partial charge in [0.15, 0.2) is 0 Å². The summed E-state index contributed by atoms with van der Waals surface area (Å²) in [6.07, 6.45) is 2.94. The summed E-state index contributed by atoms with van der Waals surface area (Å²) in [5.74, 6) is 0. The Hall–Kier alpha value is -0.860. The van der Waals surface area contributed by atoms with Crippen LogP contribution in [0, 0.1) is 0 Å². The molecule has 1 rings (SSSR count). The highest BCUT2D eigenvalue weighted by atomic mass is 15.4. The van der Waals surface area contributed by atoms with Gasteiger partial charge in [-0.05, 0) is 13.3 Å². The van der Waals surface area contributed by atoms with Crippen LogP contribution in [0.25, 0.3) is 0 Å². The average molecular weight is 189 g/mol. The molecule has 0 aromatic carbocycles. The van der Waals surface area contributed by atoms with E-state index >= 15 is 0 Å². The number of hydrogen-bond acceptors (Lipinski definition) is 2. The maximum atomic E-state index is 3.92. The van der Waals surface area contributed by atoms with Crippen LogP contribution in [0.3, 0.4) is 0 Å². The van der Waals surface area contributed by atoms with Crippen LogP contribution in [0.4, 0.5) is 0 Å². The molecule has 1 aromatic rings. The first-order valence-corrected chi connectivity index (χ1v) is 3.25. The molecule has 1 heterocycles. The molecule has 0 aliphatic carbocycles. The average Bonchev–Trinajstić information content (AvgIpc) is 2.34. The smallest absolute Gasteiger partial charge is 0.0824 e. The van der Waals surface area contributed by atoms with Crippen molar-refractivity contribution in [2.45, 2.75) is 56.5 Å². The lowest BCUT2D eigenvalue weighted by Crippen LogP contribution is -1.93. The molecule has 0 N–H and O–H groups in total. The summed E-state index contributed by atoms with van der Waals surface area (Å²) in [5, 5.41) is 7.79. The van der Waals surface area contributed by atoms with Gasteiger partial charge in [-0.2, -0.15) is 0 Å². The number of aryl methyl sites for hydroxylation is 2. The van der Waals surface area contributed by atoms with E-state index in [1.165, 1.54) is 0 Å². The van der Waals surface area contributed by atoms with Crippen molar-refractivity contribution in [3.63, 3.8) is 0 Å². The number of rotatable bonds is 2. The lowest BCUT2D eigenvalue weighted by atomic mass is 10.4. The molecule has 0 radical (unpaired) electrons. The molecule has 3 heteroatoms. The number of hydrogen-bond donors (Lipinski definition) is 0. The molecule has 0 saturated carbocycles. The highest BCUT2D eigenvalue weighted by Crippen LogP contribution is 1.91. The van der Waals surface area contributed by atoms with Gasteiger partial charge in [-0.25, -0.2) is 0 Å². The molecule has 0 spiro atoms. The second kappa shape index (κ2) is 11.1. The topological polar surface area (TPSA) is 30.7 Å². The molecule has 0 atom stereocenters. The molecule has 0 aliphatic rings. The molecule has 0 aliphatic heterocycles. The molecule has 0 bridgehead atoms. The molecular formula is C10H27N3. The van der Waals surface area contributed by atoms with Crippen molar-refractivity contribution in [1.29, 1.82) is 0 Å². The second-order valence-electron chi connectivity index (χ2n) is 1.92. The first kappa shape index (κ1) is 22.7. The molecule has 82 valence electrons. The maximum absolute atomic E-state index is 3.92. The normalized spacial score (nSPS) is 6.92. The number of aromatic nitrogens is 3. The van der Waals surface area contributed by atoms with Gasteiger partial charge in [0.2, 0.25) is 0 Å². The first-order valence-electron chi connectivity index (χ1n) is 3.25. The van der Waals surface area contributed by atoms with Crippen LogP contribution in [0.15, 0.2) is 6.20 Å². The fraction of sp³-hybridized carbons (Fsp3) is 0.800.